The van der Waals surface area contributed by atoms with Crippen LogP contribution in [0.15, 0.2) is 10.2 Å². The molecule has 2 fully saturated rings. The lowest BCUT2D eigenvalue weighted by Crippen LogP contribution is -2.64. The normalized spacial score (nSPS) is 35.2. The second kappa shape index (κ2) is 17.2. The first-order chi connectivity index (χ1) is 17.6. The van der Waals surface area contributed by atoms with Crippen molar-refractivity contribution in [3.8, 4) is 0 Å². The zero-order valence-corrected chi connectivity index (χ0v) is 19.9. The number of azide groups is 2. The van der Waals surface area contributed by atoms with Gasteiger partial charge in [0, 0.05) is 29.8 Å². The van der Waals surface area contributed by atoms with Gasteiger partial charge >= 0.3 is 0 Å². The van der Waals surface area contributed by atoms with Crippen LogP contribution in [-0.2, 0) is 23.7 Å². The van der Waals surface area contributed by atoms with Crippen molar-refractivity contribution in [1.82, 2.24) is 5.32 Å². The van der Waals surface area contributed by atoms with Gasteiger partial charge in [-0.1, -0.05) is 10.2 Å². The zero-order valence-electron chi connectivity index (χ0n) is 19.9. The molecule has 2 saturated heterocycles. The van der Waals surface area contributed by atoms with E-state index in [1.54, 1.807) is 0 Å². The van der Waals surface area contributed by atoms with Gasteiger partial charge in [0.1, 0.15) is 48.8 Å². The predicted molar refractivity (Wildman–Crippen MR) is 119 cm³/mol. The van der Waals surface area contributed by atoms with Crippen molar-refractivity contribution in [1.29, 1.82) is 0 Å². The Balaban J connectivity index is 0.000000375. The largest absolute Gasteiger partial charge is 0.394 e. The van der Waals surface area contributed by atoms with E-state index >= 15 is 0 Å². The Labute approximate surface area is 210 Å². The molecule has 10 atom stereocenters. The molecule has 0 spiro atoms. The van der Waals surface area contributed by atoms with E-state index in [4.69, 9.17) is 40.2 Å². The first kappa shape index (κ1) is 32.7. The number of nitrogens with one attached hydrogen (secondary N) is 1. The molecule has 8 N–H and O–H groups in total. The fourth-order valence-electron chi connectivity index (χ4n) is 3.33. The summed E-state index contributed by atoms with van der Waals surface area (Å²) < 4.78 is 20.6. The molecular weight excluding hydrogens is 506 g/mol. The van der Waals surface area contributed by atoms with E-state index in [1.807, 2.05) is 0 Å². The molecule has 2 aliphatic rings. The number of amides is 1. The first-order valence-corrected chi connectivity index (χ1v) is 11.1. The summed E-state index contributed by atoms with van der Waals surface area (Å²) in [6.07, 6.45) is -11.3. The number of carbonyl (C=O) groups excluding carboxylic acids is 1. The SMILES string of the molecule is CC(=O)N[C@H]1[C@H](OCCN=[N+]=[N-])O[C@H](CO)[C@H](O)[C@@H]1O.[N-]=[N+]=NCCO[C@@H]1O[C@H](CO)[C@@H](O)[C@H](O)[C@H]1O. The molecule has 0 aromatic rings. The Morgan fingerprint density at radius 3 is 1.73 bits per heavy atom. The number of hydrogen-bond donors (Lipinski definition) is 8. The van der Waals surface area contributed by atoms with E-state index < -0.39 is 80.5 Å². The minimum Gasteiger partial charge on any atom is -0.394 e. The maximum absolute atomic E-state index is 11.1. The number of aliphatic hydroxyl groups is 7. The summed E-state index contributed by atoms with van der Waals surface area (Å²) in [6, 6.07) is -0.989. The summed E-state index contributed by atoms with van der Waals surface area (Å²) in [5, 5.41) is 75.0. The van der Waals surface area contributed by atoms with Gasteiger partial charge in [0.05, 0.1) is 26.4 Å². The Morgan fingerprint density at radius 2 is 1.27 bits per heavy atom. The van der Waals surface area contributed by atoms with E-state index in [-0.39, 0.29) is 26.3 Å². The van der Waals surface area contributed by atoms with Gasteiger partial charge in [-0.15, -0.1) is 0 Å². The fourth-order valence-corrected chi connectivity index (χ4v) is 3.33. The van der Waals surface area contributed by atoms with Crippen LogP contribution in [0, 0.1) is 0 Å². The third kappa shape index (κ3) is 10.1. The Morgan fingerprint density at radius 1 is 0.811 bits per heavy atom. The van der Waals surface area contributed by atoms with Gasteiger partial charge in [0.15, 0.2) is 12.6 Å². The standard InChI is InChI=1S/C10H18N4O6.C8H15N3O6/c1-5(16)13-7-9(18)8(17)6(4-15)20-10(7)19-3-2-12-14-11;9-11-10-1-2-16-8-7(15)6(14)5(13)4(3-12)17-8/h6-10,15,17-18H,2-4H2,1H3,(H,13,16);4-8,12-15H,1-3H2/t6-,7-,8+,9-,10-;4-,5-,6+,7-,8-/m11/s1. The van der Waals surface area contributed by atoms with Crippen LogP contribution in [0.5, 0.6) is 0 Å². The lowest BCUT2D eigenvalue weighted by atomic mass is 9.97. The summed E-state index contributed by atoms with van der Waals surface area (Å²) in [5.41, 5.74) is 16.2. The Kier molecular flexibility index (Phi) is 15.2. The van der Waals surface area contributed by atoms with Crippen molar-refractivity contribution in [2.75, 3.05) is 39.5 Å². The molecule has 2 aliphatic heterocycles. The van der Waals surface area contributed by atoms with E-state index in [1.165, 1.54) is 6.92 Å². The van der Waals surface area contributed by atoms with Crippen LogP contribution in [0.25, 0.3) is 20.9 Å². The number of aliphatic hydroxyl groups excluding tert-OH is 7. The van der Waals surface area contributed by atoms with Crippen molar-refractivity contribution < 1.29 is 59.5 Å². The number of carbonyl (C=O) groups is 1. The third-order valence-corrected chi connectivity index (χ3v) is 5.17. The number of hydrogen-bond acceptors (Lipinski definition) is 14. The summed E-state index contributed by atoms with van der Waals surface area (Å²) in [6.45, 7) is 0.312. The Bertz CT molecular complexity index is 782. The van der Waals surface area contributed by atoms with E-state index in [2.05, 4.69) is 25.4 Å². The van der Waals surface area contributed by atoms with Crippen LogP contribution in [-0.4, -0.2) is 143 Å². The number of nitrogens with zero attached hydrogens (tertiary/aromatic N) is 6. The molecule has 0 bridgehead atoms. The highest BCUT2D eigenvalue weighted by molar-refractivity contribution is 5.73. The lowest BCUT2D eigenvalue weighted by Gasteiger charge is -2.42. The van der Waals surface area contributed by atoms with E-state index in [0.717, 1.165) is 0 Å². The molecule has 1 amide bonds. The topological polar surface area (TPSA) is 305 Å². The second-order valence-electron chi connectivity index (χ2n) is 7.78. The van der Waals surface area contributed by atoms with Gasteiger partial charge in [0.25, 0.3) is 0 Å². The molecule has 0 saturated carbocycles. The van der Waals surface area contributed by atoms with Crippen LogP contribution < -0.4 is 5.32 Å². The maximum atomic E-state index is 11.1. The van der Waals surface area contributed by atoms with E-state index in [9.17, 15) is 30.3 Å². The molecule has 0 radical (unpaired) electrons. The Hall–Kier alpha value is -2.35. The smallest absolute Gasteiger partial charge is 0.217 e. The minimum absolute atomic E-state index is 0.00573. The van der Waals surface area contributed by atoms with Crippen LogP contribution in [0.4, 0.5) is 0 Å². The quantitative estimate of drug-likeness (QED) is 0.0546. The minimum atomic E-state index is -1.47. The van der Waals surface area contributed by atoms with Crippen LogP contribution in [0.1, 0.15) is 6.92 Å². The highest BCUT2D eigenvalue weighted by Crippen LogP contribution is 2.23. The van der Waals surface area contributed by atoms with Crippen molar-refractivity contribution in [2.45, 2.75) is 68.3 Å². The molecule has 0 aromatic heterocycles. The van der Waals surface area contributed by atoms with Crippen molar-refractivity contribution >= 4 is 5.91 Å². The summed E-state index contributed by atoms with van der Waals surface area (Å²) in [4.78, 5) is 16.2. The molecule has 2 rings (SSSR count). The molecule has 0 aromatic carbocycles. The second-order valence-corrected chi connectivity index (χ2v) is 7.78. The van der Waals surface area contributed by atoms with Crippen molar-refractivity contribution in [2.24, 2.45) is 10.2 Å². The summed E-state index contributed by atoms with van der Waals surface area (Å²) in [5.74, 6) is -0.434. The number of ether oxygens (including phenoxy) is 4. The van der Waals surface area contributed by atoms with E-state index in [0.29, 0.717) is 0 Å². The molecule has 0 aliphatic carbocycles. The molecule has 0 unspecified atom stereocenters. The number of rotatable bonds is 11. The van der Waals surface area contributed by atoms with Gasteiger partial charge in [-0.05, 0) is 11.1 Å². The molecule has 19 nitrogen and oxygen atoms in total. The lowest BCUT2D eigenvalue weighted by molar-refractivity contribution is -0.300. The van der Waals surface area contributed by atoms with Gasteiger partial charge in [-0.25, -0.2) is 0 Å². The molecular formula is C18H33N7O12. The van der Waals surface area contributed by atoms with Crippen LogP contribution >= 0.6 is 0 Å². The van der Waals surface area contributed by atoms with Gasteiger partial charge in [-0.2, -0.15) is 0 Å². The third-order valence-electron chi connectivity index (χ3n) is 5.17. The van der Waals surface area contributed by atoms with Gasteiger partial charge < -0.3 is 60.0 Å². The van der Waals surface area contributed by atoms with Crippen LogP contribution in [0.2, 0.25) is 0 Å². The summed E-state index contributed by atoms with van der Waals surface area (Å²) in [7, 11) is 0. The van der Waals surface area contributed by atoms with Crippen molar-refractivity contribution in [3.63, 3.8) is 0 Å². The van der Waals surface area contributed by atoms with Crippen LogP contribution in [0.3, 0.4) is 0 Å². The first-order valence-electron chi connectivity index (χ1n) is 11.1. The van der Waals surface area contributed by atoms with Gasteiger partial charge in [-0.3, -0.25) is 4.79 Å². The molecule has 37 heavy (non-hydrogen) atoms. The predicted octanol–water partition coefficient (Wildman–Crippen LogP) is -3.63. The van der Waals surface area contributed by atoms with Gasteiger partial charge in [0.2, 0.25) is 5.91 Å². The maximum Gasteiger partial charge on any atom is 0.217 e. The fraction of sp³-hybridized carbons (Fsp3) is 0.944. The molecule has 19 heteroatoms. The average molecular weight is 539 g/mol. The highest BCUT2D eigenvalue weighted by atomic mass is 16.7. The molecule has 2 heterocycles. The van der Waals surface area contributed by atoms with Crippen molar-refractivity contribution in [3.05, 3.63) is 20.9 Å². The summed E-state index contributed by atoms with van der Waals surface area (Å²) >= 11 is 0. The zero-order chi connectivity index (χ0) is 28.0. The molecule has 212 valence electrons. The monoisotopic (exact) mass is 539 g/mol. The average Bonchev–Trinajstić information content (AvgIpc) is 2.88. The highest BCUT2D eigenvalue weighted by Gasteiger charge is 2.45.